The number of fused-ring (bicyclic) bond motifs is 1. The second-order valence-corrected chi connectivity index (χ2v) is 6.82. The number of β-amino-alcohol motifs (C(OH)–C–C–N with tert-alkyl or cyclic N) is 1. The number of aliphatic hydroxyl groups is 1. The lowest BCUT2D eigenvalue weighted by Gasteiger charge is -2.33. The smallest absolute Gasteiger partial charge is 0.270 e. The Morgan fingerprint density at radius 2 is 2.18 bits per heavy atom. The largest absolute Gasteiger partial charge is 0.390 e. The van der Waals surface area contributed by atoms with E-state index >= 15 is 0 Å². The maximum absolute atomic E-state index is 12.6. The number of ether oxygens (including phenoxy) is 1. The van der Waals surface area contributed by atoms with Gasteiger partial charge in [0.05, 0.1) is 35.6 Å². The number of hydrogen-bond donors (Lipinski definition) is 2. The average Bonchev–Trinajstić information content (AvgIpc) is 3.21. The van der Waals surface area contributed by atoms with Gasteiger partial charge in [0.15, 0.2) is 0 Å². The van der Waals surface area contributed by atoms with E-state index < -0.39 is 6.10 Å². The van der Waals surface area contributed by atoms with E-state index in [9.17, 15) is 9.90 Å². The van der Waals surface area contributed by atoms with Gasteiger partial charge in [0.25, 0.3) is 5.91 Å². The summed E-state index contributed by atoms with van der Waals surface area (Å²) in [6, 6.07) is 3.90. The molecule has 2 aromatic rings. The Balaban J connectivity index is 1.48. The van der Waals surface area contributed by atoms with Crippen molar-refractivity contribution in [3.63, 3.8) is 0 Å². The van der Waals surface area contributed by atoms with E-state index in [1.807, 2.05) is 17.5 Å². The predicted molar refractivity (Wildman–Crippen MR) is 84.3 cm³/mol. The maximum atomic E-state index is 12.6. The van der Waals surface area contributed by atoms with Crippen LogP contribution in [0.3, 0.4) is 0 Å². The van der Waals surface area contributed by atoms with Crippen molar-refractivity contribution in [2.24, 2.45) is 0 Å². The number of amides is 1. The SMILES string of the molecule is O=C(c1cc2sccc2[nH]1)N1C[C@H](O)[C@@H](N2CCOCC2)C1. The fourth-order valence-corrected chi connectivity index (χ4v) is 4.12. The van der Waals surface area contributed by atoms with E-state index in [2.05, 4.69) is 9.88 Å². The molecule has 2 fully saturated rings. The monoisotopic (exact) mass is 321 g/mol. The third kappa shape index (κ3) is 2.44. The molecule has 2 N–H and O–H groups in total. The van der Waals surface area contributed by atoms with Crippen LogP contribution in [0, 0.1) is 0 Å². The van der Waals surface area contributed by atoms with Crippen LogP contribution in [0.2, 0.25) is 0 Å². The molecule has 2 aromatic heterocycles. The van der Waals surface area contributed by atoms with Crippen LogP contribution < -0.4 is 0 Å². The van der Waals surface area contributed by atoms with E-state index in [1.54, 1.807) is 16.2 Å². The van der Waals surface area contributed by atoms with Gasteiger partial charge in [0.1, 0.15) is 5.69 Å². The minimum Gasteiger partial charge on any atom is -0.390 e. The number of morpholine rings is 1. The van der Waals surface area contributed by atoms with E-state index in [0.29, 0.717) is 32.0 Å². The molecule has 0 aliphatic carbocycles. The fraction of sp³-hybridized carbons (Fsp3) is 0.533. The summed E-state index contributed by atoms with van der Waals surface area (Å²) < 4.78 is 6.45. The molecule has 0 spiro atoms. The lowest BCUT2D eigenvalue weighted by Crippen LogP contribution is -2.49. The van der Waals surface area contributed by atoms with E-state index in [-0.39, 0.29) is 11.9 Å². The fourth-order valence-electron chi connectivity index (χ4n) is 3.34. The number of rotatable bonds is 2. The molecule has 0 aromatic carbocycles. The highest BCUT2D eigenvalue weighted by molar-refractivity contribution is 7.17. The number of aromatic amines is 1. The zero-order chi connectivity index (χ0) is 15.1. The van der Waals surface area contributed by atoms with Crippen LogP contribution in [0.1, 0.15) is 10.5 Å². The zero-order valence-corrected chi connectivity index (χ0v) is 13.0. The number of hydrogen-bond acceptors (Lipinski definition) is 5. The first-order valence-electron chi connectivity index (χ1n) is 7.58. The predicted octanol–water partition coefficient (Wildman–Crippen LogP) is 0.747. The second-order valence-electron chi connectivity index (χ2n) is 5.87. The zero-order valence-electron chi connectivity index (χ0n) is 12.2. The molecule has 2 saturated heterocycles. The van der Waals surface area contributed by atoms with E-state index in [4.69, 9.17) is 4.74 Å². The molecule has 4 rings (SSSR count). The molecule has 2 aliphatic heterocycles. The Morgan fingerprint density at radius 1 is 1.36 bits per heavy atom. The van der Waals surface area contributed by atoms with Crippen LogP contribution in [-0.4, -0.2) is 77.3 Å². The summed E-state index contributed by atoms with van der Waals surface area (Å²) >= 11 is 1.62. The Kier molecular flexibility index (Phi) is 3.65. The number of likely N-dealkylation sites (tertiary alicyclic amines) is 1. The van der Waals surface area contributed by atoms with Crippen molar-refractivity contribution >= 4 is 27.5 Å². The number of aromatic nitrogens is 1. The molecule has 0 bridgehead atoms. The third-order valence-corrected chi connectivity index (χ3v) is 5.40. The minimum absolute atomic E-state index is 0.0175. The van der Waals surface area contributed by atoms with Crippen molar-refractivity contribution in [1.29, 1.82) is 0 Å². The second kappa shape index (κ2) is 5.66. The molecule has 7 heteroatoms. The topological polar surface area (TPSA) is 68.8 Å². The Hall–Kier alpha value is -1.41. The molecule has 0 unspecified atom stereocenters. The summed E-state index contributed by atoms with van der Waals surface area (Å²) in [6.07, 6.45) is -0.488. The van der Waals surface area contributed by atoms with Crippen molar-refractivity contribution in [2.45, 2.75) is 12.1 Å². The van der Waals surface area contributed by atoms with Crippen molar-refractivity contribution in [1.82, 2.24) is 14.8 Å². The molecule has 0 radical (unpaired) electrons. The quantitative estimate of drug-likeness (QED) is 0.856. The summed E-state index contributed by atoms with van der Waals surface area (Å²) in [5.74, 6) is -0.0294. The van der Waals surface area contributed by atoms with E-state index in [0.717, 1.165) is 23.3 Å². The van der Waals surface area contributed by atoms with Gasteiger partial charge in [0.2, 0.25) is 0 Å². The summed E-state index contributed by atoms with van der Waals surface area (Å²) in [5.41, 5.74) is 1.61. The summed E-state index contributed by atoms with van der Waals surface area (Å²) in [5, 5.41) is 12.3. The van der Waals surface area contributed by atoms with Crippen LogP contribution >= 0.6 is 11.3 Å². The van der Waals surface area contributed by atoms with Crippen LogP contribution in [0.5, 0.6) is 0 Å². The minimum atomic E-state index is -0.488. The average molecular weight is 321 g/mol. The van der Waals surface area contributed by atoms with E-state index in [1.165, 1.54) is 0 Å². The van der Waals surface area contributed by atoms with Crippen molar-refractivity contribution in [3.8, 4) is 0 Å². The molecule has 4 heterocycles. The van der Waals surface area contributed by atoms with Gasteiger partial charge in [-0.25, -0.2) is 0 Å². The van der Waals surface area contributed by atoms with Crippen molar-refractivity contribution < 1.29 is 14.6 Å². The lowest BCUT2D eigenvalue weighted by atomic mass is 10.1. The highest BCUT2D eigenvalue weighted by atomic mass is 32.1. The number of aliphatic hydroxyl groups excluding tert-OH is 1. The van der Waals surface area contributed by atoms with Gasteiger partial charge in [-0.05, 0) is 17.5 Å². The van der Waals surface area contributed by atoms with Gasteiger partial charge < -0.3 is 19.7 Å². The van der Waals surface area contributed by atoms with Gasteiger partial charge in [-0.3, -0.25) is 9.69 Å². The molecule has 6 nitrogen and oxygen atoms in total. The summed E-state index contributed by atoms with van der Waals surface area (Å²) in [7, 11) is 0. The first kappa shape index (κ1) is 14.2. The lowest BCUT2D eigenvalue weighted by molar-refractivity contribution is -0.00611. The molecule has 1 amide bonds. The Morgan fingerprint density at radius 3 is 2.95 bits per heavy atom. The number of carbonyl (C=O) groups is 1. The Bertz CT molecular complexity index is 648. The highest BCUT2D eigenvalue weighted by Crippen LogP contribution is 2.24. The standard InChI is InChI=1S/C15H19N3O3S/c19-13-9-18(8-12(13)17-2-4-21-5-3-17)15(20)11-7-14-10(16-11)1-6-22-14/h1,6-7,12-13,16,19H,2-5,8-9H2/t12-,13-/m0/s1. The molecule has 118 valence electrons. The van der Waals surface area contributed by atoms with Crippen LogP contribution in [-0.2, 0) is 4.74 Å². The van der Waals surface area contributed by atoms with Gasteiger partial charge in [0, 0.05) is 26.2 Å². The third-order valence-electron chi connectivity index (χ3n) is 4.53. The molecule has 22 heavy (non-hydrogen) atoms. The highest BCUT2D eigenvalue weighted by Gasteiger charge is 2.38. The van der Waals surface area contributed by atoms with Crippen LogP contribution in [0.4, 0.5) is 0 Å². The number of nitrogens with one attached hydrogen (secondary N) is 1. The van der Waals surface area contributed by atoms with Gasteiger partial charge in [-0.1, -0.05) is 0 Å². The number of thiophene rings is 1. The van der Waals surface area contributed by atoms with Crippen LogP contribution in [0.15, 0.2) is 17.5 Å². The van der Waals surface area contributed by atoms with Crippen molar-refractivity contribution in [3.05, 3.63) is 23.2 Å². The number of nitrogens with zero attached hydrogens (tertiary/aromatic N) is 2. The summed E-state index contributed by atoms with van der Waals surface area (Å²) in [6.45, 7) is 4.01. The Labute approximate surface area is 132 Å². The maximum Gasteiger partial charge on any atom is 0.270 e. The molecule has 0 saturated carbocycles. The molecular weight excluding hydrogens is 302 g/mol. The number of carbonyl (C=O) groups excluding carboxylic acids is 1. The first-order chi connectivity index (χ1) is 10.7. The normalized spacial score (nSPS) is 26.9. The first-order valence-corrected chi connectivity index (χ1v) is 8.46. The number of H-pyrrole nitrogens is 1. The van der Waals surface area contributed by atoms with Gasteiger partial charge in [-0.2, -0.15) is 0 Å². The van der Waals surface area contributed by atoms with Crippen molar-refractivity contribution in [2.75, 3.05) is 39.4 Å². The molecule has 2 aliphatic rings. The summed E-state index contributed by atoms with van der Waals surface area (Å²) in [4.78, 5) is 19.8. The molecular formula is C15H19N3O3S. The van der Waals surface area contributed by atoms with Gasteiger partial charge >= 0.3 is 0 Å². The molecule has 2 atom stereocenters. The van der Waals surface area contributed by atoms with Gasteiger partial charge in [-0.15, -0.1) is 11.3 Å². The van der Waals surface area contributed by atoms with Crippen LogP contribution in [0.25, 0.3) is 10.2 Å².